The van der Waals surface area contributed by atoms with Crippen molar-refractivity contribution in [3.63, 3.8) is 0 Å². The van der Waals surface area contributed by atoms with Crippen molar-refractivity contribution in [3.05, 3.63) is 64.4 Å². The number of amides is 1. The second-order valence-corrected chi connectivity index (χ2v) is 8.00. The molecule has 0 aliphatic carbocycles. The minimum atomic E-state index is -0.514. The van der Waals surface area contributed by atoms with E-state index in [1.165, 1.54) is 0 Å². The van der Waals surface area contributed by atoms with E-state index in [4.69, 9.17) is 9.47 Å². The average molecular weight is 434 g/mol. The Labute approximate surface area is 186 Å². The highest BCUT2D eigenvalue weighted by Crippen LogP contribution is 2.42. The Bertz CT molecular complexity index is 1240. The Morgan fingerprint density at radius 3 is 2.91 bits per heavy atom. The summed E-state index contributed by atoms with van der Waals surface area (Å²) in [5.74, 6) is -0.114. The van der Waals surface area contributed by atoms with Crippen LogP contribution in [0.2, 0.25) is 0 Å². The van der Waals surface area contributed by atoms with Gasteiger partial charge < -0.3 is 24.9 Å². The molecule has 166 valence electrons. The summed E-state index contributed by atoms with van der Waals surface area (Å²) < 4.78 is 10.6. The van der Waals surface area contributed by atoms with E-state index in [-0.39, 0.29) is 23.8 Å². The predicted octanol–water partition coefficient (Wildman–Crippen LogP) is 4.77. The number of aromatic hydroxyl groups is 1. The molecule has 0 atom stereocenters. The lowest BCUT2D eigenvalue weighted by molar-refractivity contribution is -0.116. The number of carbonyl (C=O) groups excluding carboxylic acids is 2. The number of esters is 1. The number of phenolic OH excluding ortho intramolecular Hbond substituents is 1. The first-order valence-electron chi connectivity index (χ1n) is 10.5. The molecule has 0 unspecified atom stereocenters. The average Bonchev–Trinajstić information content (AvgIpc) is 3.40. The van der Waals surface area contributed by atoms with Gasteiger partial charge in [-0.05, 0) is 56.5 Å². The Hall–Kier alpha value is -3.74. The number of carbonyl (C=O) groups is 2. The second-order valence-electron chi connectivity index (χ2n) is 8.00. The number of allylic oxidation sites excluding steroid dienone is 2. The van der Waals surface area contributed by atoms with Gasteiger partial charge in [0, 0.05) is 40.3 Å². The zero-order chi connectivity index (χ0) is 22.8. The molecule has 3 N–H and O–H groups in total. The third-order valence-corrected chi connectivity index (χ3v) is 5.89. The van der Waals surface area contributed by atoms with Crippen LogP contribution in [0.3, 0.4) is 0 Å². The topological polar surface area (TPSA) is 101 Å². The lowest BCUT2D eigenvalue weighted by atomic mass is 9.94. The predicted molar refractivity (Wildman–Crippen MR) is 122 cm³/mol. The number of aromatic amines is 1. The number of rotatable bonds is 7. The van der Waals surface area contributed by atoms with E-state index < -0.39 is 5.97 Å². The molecule has 32 heavy (non-hydrogen) atoms. The minimum Gasteiger partial charge on any atom is -0.507 e. The fourth-order valence-corrected chi connectivity index (χ4v) is 4.07. The van der Waals surface area contributed by atoms with Gasteiger partial charge in [0.05, 0.1) is 7.11 Å². The molecular formula is C25H26N2O5. The maximum atomic E-state index is 12.4. The first-order chi connectivity index (χ1) is 15.4. The number of anilines is 1. The number of hydrogen-bond acceptors (Lipinski definition) is 5. The Morgan fingerprint density at radius 1 is 1.31 bits per heavy atom. The number of fused-ring (bicyclic) bond motifs is 2. The van der Waals surface area contributed by atoms with Gasteiger partial charge in [-0.25, -0.2) is 4.79 Å². The van der Waals surface area contributed by atoms with Crippen molar-refractivity contribution in [3.8, 4) is 11.5 Å². The molecule has 3 aromatic rings. The monoisotopic (exact) mass is 434 g/mol. The summed E-state index contributed by atoms with van der Waals surface area (Å²) in [7, 11) is 1.54. The molecule has 0 saturated carbocycles. The molecule has 2 aromatic carbocycles. The lowest BCUT2D eigenvalue weighted by Crippen LogP contribution is -2.11. The molecule has 0 spiro atoms. The van der Waals surface area contributed by atoms with Gasteiger partial charge in [-0.3, -0.25) is 4.79 Å². The van der Waals surface area contributed by atoms with Crippen molar-refractivity contribution >= 4 is 28.5 Å². The first kappa shape index (κ1) is 21.5. The number of benzene rings is 2. The minimum absolute atomic E-state index is 0.0656. The largest absolute Gasteiger partial charge is 0.507 e. The van der Waals surface area contributed by atoms with Crippen LogP contribution in [0.1, 0.15) is 46.8 Å². The number of methoxy groups -OCH3 is 1. The summed E-state index contributed by atoms with van der Waals surface area (Å²) >= 11 is 0. The van der Waals surface area contributed by atoms with Crippen LogP contribution >= 0.6 is 0 Å². The number of hydrogen-bond donors (Lipinski definition) is 3. The molecule has 1 aliphatic heterocycles. The summed E-state index contributed by atoms with van der Waals surface area (Å²) in [4.78, 5) is 27.5. The van der Waals surface area contributed by atoms with Crippen molar-refractivity contribution in [2.75, 3.05) is 12.4 Å². The zero-order valence-corrected chi connectivity index (χ0v) is 18.4. The van der Waals surface area contributed by atoms with Gasteiger partial charge >= 0.3 is 5.97 Å². The lowest BCUT2D eigenvalue weighted by Gasteiger charge is -2.15. The molecule has 0 radical (unpaired) electrons. The second kappa shape index (κ2) is 8.78. The molecule has 4 rings (SSSR count). The fraction of sp³-hybridized carbons (Fsp3) is 0.280. The number of nitrogens with one attached hydrogen (secondary N) is 2. The molecule has 1 amide bonds. The van der Waals surface area contributed by atoms with Crippen LogP contribution in [0.15, 0.2) is 42.1 Å². The van der Waals surface area contributed by atoms with E-state index >= 15 is 0 Å². The standard InChI is InChI=1S/C25H26N2O5/c1-14(5-9-21(28)27-17-6-8-20-16(12-17)10-11-26-20)4-7-18-23(29)22-19(13-32-25(22)30)15(2)24(18)31-3/h4,6,8,10-12,26,29H,5,7,9,13H2,1-3H3,(H,27,28)/b14-4+. The van der Waals surface area contributed by atoms with Crippen molar-refractivity contribution in [2.24, 2.45) is 0 Å². The summed E-state index contributed by atoms with van der Waals surface area (Å²) in [5, 5.41) is 14.7. The number of aromatic nitrogens is 1. The van der Waals surface area contributed by atoms with Gasteiger partial charge in [0.15, 0.2) is 0 Å². The van der Waals surface area contributed by atoms with E-state index in [1.807, 2.05) is 50.4 Å². The van der Waals surface area contributed by atoms with Gasteiger partial charge in [-0.15, -0.1) is 0 Å². The van der Waals surface area contributed by atoms with Crippen LogP contribution in [-0.4, -0.2) is 29.1 Å². The van der Waals surface area contributed by atoms with Gasteiger partial charge in [-0.1, -0.05) is 11.6 Å². The number of cyclic esters (lactones) is 1. The van der Waals surface area contributed by atoms with Crippen LogP contribution < -0.4 is 10.1 Å². The number of ether oxygens (including phenoxy) is 2. The Kier molecular flexibility index (Phi) is 5.90. The molecule has 0 bridgehead atoms. The van der Waals surface area contributed by atoms with E-state index in [1.54, 1.807) is 7.11 Å². The van der Waals surface area contributed by atoms with Crippen LogP contribution in [-0.2, 0) is 22.6 Å². The summed E-state index contributed by atoms with van der Waals surface area (Å²) in [6.45, 7) is 3.94. The SMILES string of the molecule is COc1c(C)c2c(c(O)c1C/C=C(\C)CCC(=O)Nc1ccc3[nH]ccc3c1)C(=O)OC2. The van der Waals surface area contributed by atoms with Crippen molar-refractivity contribution in [1.29, 1.82) is 0 Å². The molecular weight excluding hydrogens is 408 g/mol. The number of phenols is 1. The summed E-state index contributed by atoms with van der Waals surface area (Å²) in [6.07, 6.45) is 5.11. The van der Waals surface area contributed by atoms with E-state index in [9.17, 15) is 14.7 Å². The van der Waals surface area contributed by atoms with Crippen LogP contribution in [0.4, 0.5) is 5.69 Å². The van der Waals surface area contributed by atoms with E-state index in [0.29, 0.717) is 36.1 Å². The molecule has 1 aliphatic rings. The third-order valence-electron chi connectivity index (χ3n) is 5.89. The Morgan fingerprint density at radius 2 is 2.12 bits per heavy atom. The maximum Gasteiger partial charge on any atom is 0.342 e. The van der Waals surface area contributed by atoms with Crippen molar-refractivity contribution < 1.29 is 24.2 Å². The number of H-pyrrole nitrogens is 1. The van der Waals surface area contributed by atoms with Gasteiger partial charge in [0.2, 0.25) is 5.91 Å². The van der Waals surface area contributed by atoms with E-state index in [2.05, 4.69) is 10.3 Å². The van der Waals surface area contributed by atoms with Crippen LogP contribution in [0, 0.1) is 6.92 Å². The smallest absolute Gasteiger partial charge is 0.342 e. The first-order valence-corrected chi connectivity index (χ1v) is 10.5. The highest BCUT2D eigenvalue weighted by Gasteiger charge is 2.31. The van der Waals surface area contributed by atoms with Gasteiger partial charge in [0.1, 0.15) is 23.7 Å². The molecule has 7 nitrogen and oxygen atoms in total. The fourth-order valence-electron chi connectivity index (χ4n) is 4.07. The Balaban J connectivity index is 1.41. The molecule has 2 heterocycles. The van der Waals surface area contributed by atoms with Crippen molar-refractivity contribution in [2.45, 2.75) is 39.7 Å². The van der Waals surface area contributed by atoms with Crippen LogP contribution in [0.25, 0.3) is 10.9 Å². The maximum absolute atomic E-state index is 12.4. The normalized spacial score (nSPS) is 13.2. The van der Waals surface area contributed by atoms with Crippen molar-refractivity contribution in [1.82, 2.24) is 4.98 Å². The third kappa shape index (κ3) is 4.06. The quantitative estimate of drug-likeness (QED) is 0.367. The molecule has 0 saturated heterocycles. The summed E-state index contributed by atoms with van der Waals surface area (Å²) in [6, 6.07) is 7.70. The molecule has 0 fully saturated rings. The van der Waals surface area contributed by atoms with Gasteiger partial charge in [-0.2, -0.15) is 0 Å². The highest BCUT2D eigenvalue weighted by molar-refractivity contribution is 5.98. The zero-order valence-electron chi connectivity index (χ0n) is 18.4. The van der Waals surface area contributed by atoms with Gasteiger partial charge in [0.25, 0.3) is 0 Å². The molecule has 1 aromatic heterocycles. The van der Waals surface area contributed by atoms with Crippen LogP contribution in [0.5, 0.6) is 11.5 Å². The molecule has 7 heteroatoms. The highest BCUT2D eigenvalue weighted by atomic mass is 16.5. The van der Waals surface area contributed by atoms with E-state index in [0.717, 1.165) is 27.7 Å². The summed E-state index contributed by atoms with van der Waals surface area (Å²) in [5.41, 5.74) is 5.03.